The molecule has 128 valence electrons. The van der Waals surface area contributed by atoms with E-state index in [1.165, 1.54) is 0 Å². The summed E-state index contributed by atoms with van der Waals surface area (Å²) in [4.78, 5) is 17.0. The topological polar surface area (TPSA) is 35.6 Å². The number of hydrogen-bond acceptors (Lipinski definition) is 3. The predicted octanol–water partition coefficient (Wildman–Crippen LogP) is 2.27. The molecule has 0 aromatic rings. The first-order valence-corrected chi connectivity index (χ1v) is 7.80. The summed E-state index contributed by atoms with van der Waals surface area (Å²) in [6, 6.07) is 0. The zero-order valence-electron chi connectivity index (χ0n) is 13.9. The van der Waals surface area contributed by atoms with Crippen molar-refractivity contribution in [1.29, 1.82) is 0 Å². The van der Waals surface area contributed by atoms with Crippen molar-refractivity contribution < 1.29 is 4.79 Å². The third kappa shape index (κ3) is 8.24. The number of nitrogens with one attached hydrogen (secondary N) is 1. The van der Waals surface area contributed by atoms with Crippen LogP contribution in [0.15, 0.2) is 0 Å². The number of carbonyl (C=O) groups is 1. The predicted molar refractivity (Wildman–Crippen MR) is 94.7 cm³/mol. The number of halogens is 2. The summed E-state index contributed by atoms with van der Waals surface area (Å²) in [7, 11) is 0. The number of likely N-dealkylation sites (N-methyl/N-ethyl adjacent to an activating group) is 1. The third-order valence-corrected chi connectivity index (χ3v) is 3.89. The van der Waals surface area contributed by atoms with Crippen molar-refractivity contribution in [1.82, 2.24) is 15.1 Å². The minimum absolute atomic E-state index is 0. The van der Waals surface area contributed by atoms with Crippen molar-refractivity contribution in [3.8, 4) is 0 Å². The summed E-state index contributed by atoms with van der Waals surface area (Å²) in [5, 5.41) is 3.29. The van der Waals surface area contributed by atoms with Gasteiger partial charge in [0, 0.05) is 26.2 Å². The molecule has 1 unspecified atom stereocenters. The molecular formula is C15H33Cl2N3O. The maximum atomic E-state index is 12.5. The van der Waals surface area contributed by atoms with Crippen LogP contribution in [-0.4, -0.2) is 61.5 Å². The maximum Gasteiger partial charge on any atom is 0.227 e. The molecule has 1 amide bonds. The highest BCUT2D eigenvalue weighted by Crippen LogP contribution is 2.13. The second-order valence-electron chi connectivity index (χ2n) is 5.89. The monoisotopic (exact) mass is 341 g/mol. The van der Waals surface area contributed by atoms with Crippen LogP contribution in [0.2, 0.25) is 0 Å². The highest BCUT2D eigenvalue weighted by Gasteiger charge is 2.27. The zero-order valence-corrected chi connectivity index (χ0v) is 15.6. The zero-order chi connectivity index (χ0) is 14.3. The standard InChI is InChI=1S/C15H31N3O.2ClH/c1-5-17(6-2)9-10-18(12-13(3)4)15(19)14-7-8-16-11-14;;/h13-14,16H,5-12H2,1-4H3;2*1H. The summed E-state index contributed by atoms with van der Waals surface area (Å²) in [6.45, 7) is 15.4. The van der Waals surface area contributed by atoms with Gasteiger partial charge >= 0.3 is 0 Å². The molecule has 1 N–H and O–H groups in total. The van der Waals surface area contributed by atoms with Gasteiger partial charge in [-0.3, -0.25) is 4.79 Å². The lowest BCUT2D eigenvalue weighted by atomic mass is 10.1. The van der Waals surface area contributed by atoms with Gasteiger partial charge in [0.05, 0.1) is 5.92 Å². The Morgan fingerprint density at radius 2 is 1.81 bits per heavy atom. The van der Waals surface area contributed by atoms with Gasteiger partial charge in [-0.05, 0) is 32.0 Å². The smallest absolute Gasteiger partial charge is 0.227 e. The highest BCUT2D eigenvalue weighted by molar-refractivity contribution is 5.85. The normalized spacial score (nSPS) is 17.5. The first-order valence-electron chi connectivity index (χ1n) is 7.80. The molecule has 4 nitrogen and oxygen atoms in total. The molecule has 1 aliphatic heterocycles. The van der Waals surface area contributed by atoms with E-state index in [2.05, 4.69) is 42.8 Å². The molecule has 0 radical (unpaired) electrons. The van der Waals surface area contributed by atoms with Crippen LogP contribution in [-0.2, 0) is 4.79 Å². The average Bonchev–Trinajstić information content (AvgIpc) is 2.91. The highest BCUT2D eigenvalue weighted by atomic mass is 35.5. The second-order valence-corrected chi connectivity index (χ2v) is 5.89. The molecule has 1 fully saturated rings. The van der Waals surface area contributed by atoms with E-state index in [1.54, 1.807) is 0 Å². The van der Waals surface area contributed by atoms with Gasteiger partial charge < -0.3 is 15.1 Å². The van der Waals surface area contributed by atoms with Crippen LogP contribution in [0, 0.1) is 11.8 Å². The summed E-state index contributed by atoms with van der Waals surface area (Å²) in [6.07, 6.45) is 0.999. The van der Waals surface area contributed by atoms with Crippen LogP contribution < -0.4 is 5.32 Å². The molecule has 0 aromatic carbocycles. The number of rotatable bonds is 8. The number of nitrogens with zero attached hydrogens (tertiary/aromatic N) is 2. The van der Waals surface area contributed by atoms with E-state index in [-0.39, 0.29) is 30.7 Å². The van der Waals surface area contributed by atoms with Gasteiger partial charge in [0.25, 0.3) is 0 Å². The van der Waals surface area contributed by atoms with E-state index in [9.17, 15) is 4.79 Å². The van der Waals surface area contributed by atoms with E-state index in [4.69, 9.17) is 0 Å². The van der Waals surface area contributed by atoms with Crippen LogP contribution in [0.4, 0.5) is 0 Å². The summed E-state index contributed by atoms with van der Waals surface area (Å²) in [5.41, 5.74) is 0. The van der Waals surface area contributed by atoms with Gasteiger partial charge in [-0.2, -0.15) is 0 Å². The van der Waals surface area contributed by atoms with Gasteiger partial charge in [-0.25, -0.2) is 0 Å². The fraction of sp³-hybridized carbons (Fsp3) is 0.933. The minimum atomic E-state index is 0. The Bertz CT molecular complexity index is 268. The first-order chi connectivity index (χ1) is 9.08. The molecular weight excluding hydrogens is 309 g/mol. The molecule has 1 saturated heterocycles. The largest absolute Gasteiger partial charge is 0.341 e. The Hall–Kier alpha value is -0.0300. The van der Waals surface area contributed by atoms with Gasteiger partial charge in [0.15, 0.2) is 0 Å². The molecule has 21 heavy (non-hydrogen) atoms. The SMILES string of the molecule is CCN(CC)CCN(CC(C)C)C(=O)C1CCNC1.Cl.Cl. The molecule has 0 aromatic heterocycles. The van der Waals surface area contributed by atoms with Crippen molar-refractivity contribution >= 4 is 30.7 Å². The number of hydrogen-bond donors (Lipinski definition) is 1. The van der Waals surface area contributed by atoms with Crippen LogP contribution in [0.25, 0.3) is 0 Å². The summed E-state index contributed by atoms with van der Waals surface area (Å²) in [5.74, 6) is 1.09. The fourth-order valence-electron chi connectivity index (χ4n) is 2.66. The van der Waals surface area contributed by atoms with Crippen LogP contribution in [0.5, 0.6) is 0 Å². The Morgan fingerprint density at radius 1 is 1.19 bits per heavy atom. The molecule has 0 saturated carbocycles. The molecule has 1 aliphatic rings. The van der Waals surface area contributed by atoms with Crippen molar-refractivity contribution in [3.05, 3.63) is 0 Å². The lowest BCUT2D eigenvalue weighted by molar-refractivity contribution is -0.135. The number of carbonyl (C=O) groups excluding carboxylic acids is 1. The summed E-state index contributed by atoms with van der Waals surface area (Å²) < 4.78 is 0. The van der Waals surface area contributed by atoms with Crippen molar-refractivity contribution in [2.24, 2.45) is 11.8 Å². The molecule has 1 heterocycles. The molecule has 1 atom stereocenters. The molecule has 0 aliphatic carbocycles. The van der Waals surface area contributed by atoms with Gasteiger partial charge in [-0.1, -0.05) is 27.7 Å². The van der Waals surface area contributed by atoms with Crippen molar-refractivity contribution in [2.45, 2.75) is 34.1 Å². The Morgan fingerprint density at radius 3 is 2.24 bits per heavy atom. The Kier molecular flexibility index (Phi) is 13.8. The average molecular weight is 342 g/mol. The van der Waals surface area contributed by atoms with E-state index in [0.717, 1.165) is 52.2 Å². The maximum absolute atomic E-state index is 12.5. The third-order valence-electron chi connectivity index (χ3n) is 3.89. The van der Waals surface area contributed by atoms with Crippen LogP contribution >= 0.6 is 24.8 Å². The molecule has 6 heteroatoms. The second kappa shape index (κ2) is 12.5. The van der Waals surface area contributed by atoms with Crippen LogP contribution in [0.1, 0.15) is 34.1 Å². The van der Waals surface area contributed by atoms with Gasteiger partial charge in [0.1, 0.15) is 0 Å². The van der Waals surface area contributed by atoms with Gasteiger partial charge in [-0.15, -0.1) is 24.8 Å². The molecule has 0 spiro atoms. The van der Waals surface area contributed by atoms with E-state index < -0.39 is 0 Å². The van der Waals surface area contributed by atoms with Crippen molar-refractivity contribution in [2.75, 3.05) is 45.8 Å². The fourth-order valence-corrected chi connectivity index (χ4v) is 2.66. The lowest BCUT2D eigenvalue weighted by Crippen LogP contribution is -2.43. The molecule has 0 bridgehead atoms. The van der Waals surface area contributed by atoms with E-state index >= 15 is 0 Å². The van der Waals surface area contributed by atoms with Crippen LogP contribution in [0.3, 0.4) is 0 Å². The first kappa shape index (κ1) is 23.2. The number of amides is 1. The quantitative estimate of drug-likeness (QED) is 0.735. The van der Waals surface area contributed by atoms with Crippen molar-refractivity contribution in [3.63, 3.8) is 0 Å². The van der Waals surface area contributed by atoms with E-state index in [0.29, 0.717) is 11.8 Å². The molecule has 1 rings (SSSR count). The minimum Gasteiger partial charge on any atom is -0.341 e. The van der Waals surface area contributed by atoms with Gasteiger partial charge in [0.2, 0.25) is 5.91 Å². The lowest BCUT2D eigenvalue weighted by Gasteiger charge is -2.29. The van der Waals surface area contributed by atoms with E-state index in [1.807, 2.05) is 0 Å². The summed E-state index contributed by atoms with van der Waals surface area (Å²) >= 11 is 0. The Balaban J connectivity index is 0. The Labute approximate surface area is 142 Å².